The lowest BCUT2D eigenvalue weighted by atomic mass is 9.88. The molecule has 8 rings (SSSR count). The Hall–Kier alpha value is -5.16. The van der Waals surface area contributed by atoms with Crippen molar-refractivity contribution in [1.29, 1.82) is 0 Å². The van der Waals surface area contributed by atoms with E-state index in [0.29, 0.717) is 52.6 Å². The average Bonchev–Trinajstić information content (AvgIpc) is 3.75. The topological polar surface area (TPSA) is 110 Å². The van der Waals surface area contributed by atoms with Crippen LogP contribution >= 0.6 is 0 Å². The number of benzene rings is 1. The van der Waals surface area contributed by atoms with Crippen LogP contribution in [0.2, 0.25) is 0 Å². The van der Waals surface area contributed by atoms with E-state index in [-0.39, 0.29) is 17.7 Å². The van der Waals surface area contributed by atoms with Gasteiger partial charge in [0.25, 0.3) is 5.56 Å². The molecule has 0 unspecified atom stereocenters. The van der Waals surface area contributed by atoms with Crippen molar-refractivity contribution in [2.45, 2.75) is 50.4 Å². The maximum atomic E-state index is 13.8. The molecule has 0 saturated heterocycles. The third kappa shape index (κ3) is 5.08. The second-order valence-electron chi connectivity index (χ2n) is 11.8. The molecule has 0 radical (unpaired) electrons. The molecule has 2 saturated carbocycles. The Labute approximate surface area is 259 Å². The van der Waals surface area contributed by atoms with Gasteiger partial charge in [0.05, 0.1) is 32.2 Å². The normalized spacial score (nSPS) is 17.8. The molecule has 45 heavy (non-hydrogen) atoms. The van der Waals surface area contributed by atoms with Crippen molar-refractivity contribution in [3.05, 3.63) is 101 Å². The molecule has 2 fully saturated rings. The van der Waals surface area contributed by atoms with E-state index in [1.807, 2.05) is 71.0 Å². The number of hydrogen-bond acceptors (Lipinski definition) is 8. The SMILES string of the molecule is COc1c(Oc2cnn3ccccc23)cnc2nc(Nc3cc(C4CC4)cn([C@H]4C[C@@H](OCc5ccccc5)C4)c3=O)n(C)c12. The molecular weight excluding hydrogens is 570 g/mol. The van der Waals surface area contributed by atoms with Crippen molar-refractivity contribution in [3.63, 3.8) is 0 Å². The van der Waals surface area contributed by atoms with Crippen LogP contribution in [0, 0.1) is 0 Å². The number of pyridine rings is 3. The zero-order chi connectivity index (χ0) is 30.5. The van der Waals surface area contributed by atoms with Gasteiger partial charge in [-0.25, -0.2) is 9.50 Å². The molecule has 11 nitrogen and oxygen atoms in total. The predicted octanol–water partition coefficient (Wildman–Crippen LogP) is 6.12. The third-order valence-corrected chi connectivity index (χ3v) is 8.79. The van der Waals surface area contributed by atoms with Gasteiger partial charge in [-0.1, -0.05) is 36.4 Å². The number of aryl methyl sites for hydroxylation is 1. The molecule has 0 bridgehead atoms. The largest absolute Gasteiger partial charge is 0.491 e. The van der Waals surface area contributed by atoms with Crippen LogP contribution < -0.4 is 20.3 Å². The van der Waals surface area contributed by atoms with E-state index >= 15 is 0 Å². The number of aromatic nitrogens is 6. The number of rotatable bonds is 10. The number of ether oxygens (including phenoxy) is 3. The number of nitrogens with one attached hydrogen (secondary N) is 1. The van der Waals surface area contributed by atoms with Gasteiger partial charge in [-0.3, -0.25) is 4.79 Å². The first-order valence-electron chi connectivity index (χ1n) is 15.2. The Bertz CT molecular complexity index is 2070. The smallest absolute Gasteiger partial charge is 0.274 e. The predicted molar refractivity (Wildman–Crippen MR) is 170 cm³/mol. The van der Waals surface area contributed by atoms with Gasteiger partial charge in [0.2, 0.25) is 5.95 Å². The second-order valence-corrected chi connectivity index (χ2v) is 11.8. The Morgan fingerprint density at radius 2 is 1.84 bits per heavy atom. The minimum absolute atomic E-state index is 0.0741. The van der Waals surface area contributed by atoms with Gasteiger partial charge in [-0.15, -0.1) is 0 Å². The summed E-state index contributed by atoms with van der Waals surface area (Å²) in [6, 6.07) is 18.0. The zero-order valence-corrected chi connectivity index (χ0v) is 25.1. The third-order valence-electron chi connectivity index (χ3n) is 8.79. The molecule has 0 aliphatic heterocycles. The summed E-state index contributed by atoms with van der Waals surface area (Å²) in [5, 5.41) is 7.69. The molecule has 1 aromatic carbocycles. The van der Waals surface area contributed by atoms with E-state index in [2.05, 4.69) is 27.5 Å². The fraction of sp³-hybridized carbons (Fsp3) is 0.294. The maximum Gasteiger partial charge on any atom is 0.274 e. The summed E-state index contributed by atoms with van der Waals surface area (Å²) in [6.45, 7) is 0.582. The monoisotopic (exact) mass is 603 g/mol. The fourth-order valence-electron chi connectivity index (χ4n) is 6.05. The van der Waals surface area contributed by atoms with Crippen molar-refractivity contribution in [3.8, 4) is 17.2 Å². The van der Waals surface area contributed by atoms with Gasteiger partial charge in [-0.05, 0) is 60.9 Å². The first-order chi connectivity index (χ1) is 22.1. The van der Waals surface area contributed by atoms with Crippen molar-refractivity contribution < 1.29 is 14.2 Å². The minimum Gasteiger partial charge on any atom is -0.491 e. The number of fused-ring (bicyclic) bond motifs is 2. The van der Waals surface area contributed by atoms with Gasteiger partial charge in [0.15, 0.2) is 22.9 Å². The summed E-state index contributed by atoms with van der Waals surface area (Å²) >= 11 is 0. The molecule has 2 aliphatic carbocycles. The molecule has 1 N–H and O–H groups in total. The lowest BCUT2D eigenvalue weighted by Gasteiger charge is -2.36. The molecular formula is C34H33N7O4. The van der Waals surface area contributed by atoms with Crippen molar-refractivity contribution in [2.24, 2.45) is 7.05 Å². The van der Waals surface area contributed by atoms with E-state index in [1.54, 1.807) is 24.0 Å². The summed E-state index contributed by atoms with van der Waals surface area (Å²) < 4.78 is 23.6. The van der Waals surface area contributed by atoms with E-state index in [9.17, 15) is 4.79 Å². The molecule has 5 aromatic heterocycles. The van der Waals surface area contributed by atoms with Gasteiger partial charge in [0, 0.05) is 25.5 Å². The lowest BCUT2D eigenvalue weighted by Crippen LogP contribution is -2.38. The van der Waals surface area contributed by atoms with Crippen LogP contribution in [0.4, 0.5) is 11.6 Å². The van der Waals surface area contributed by atoms with Crippen molar-refractivity contribution >= 4 is 28.3 Å². The number of imidazole rings is 1. The summed E-state index contributed by atoms with van der Waals surface area (Å²) in [5.74, 6) is 2.46. The van der Waals surface area contributed by atoms with Crippen molar-refractivity contribution in [1.82, 2.24) is 28.7 Å². The number of nitrogens with zero attached hydrogens (tertiary/aromatic N) is 6. The average molecular weight is 604 g/mol. The Morgan fingerprint density at radius 3 is 2.64 bits per heavy atom. The minimum atomic E-state index is -0.0741. The Balaban J connectivity index is 1.06. The molecule has 228 valence electrons. The summed E-state index contributed by atoms with van der Waals surface area (Å²) in [7, 11) is 3.45. The van der Waals surface area contributed by atoms with Crippen LogP contribution in [0.25, 0.3) is 16.7 Å². The van der Waals surface area contributed by atoms with Crippen LogP contribution in [0.3, 0.4) is 0 Å². The second kappa shape index (κ2) is 11.1. The molecule has 2 aliphatic rings. The number of methoxy groups -OCH3 is 1. The Kier molecular flexibility index (Phi) is 6.75. The van der Waals surface area contributed by atoms with E-state index in [4.69, 9.17) is 19.2 Å². The molecule has 11 heteroatoms. The molecule has 5 heterocycles. The summed E-state index contributed by atoms with van der Waals surface area (Å²) in [5.41, 5.74) is 4.68. The van der Waals surface area contributed by atoms with Crippen LogP contribution in [0.1, 0.15) is 48.8 Å². The number of hydrogen-bond donors (Lipinski definition) is 1. The highest BCUT2D eigenvalue weighted by Crippen LogP contribution is 2.43. The van der Waals surface area contributed by atoms with Gasteiger partial charge >= 0.3 is 0 Å². The number of anilines is 2. The lowest BCUT2D eigenvalue weighted by molar-refractivity contribution is -0.0364. The standard InChI is InChI=1S/C34H33N7O4/c1-39-30-31(43-2)29(45-28-18-36-41-13-7-6-10-27(28)41)17-35-32(30)38-34(39)37-26-14-23(22-11-12-22)19-40(33(26)42)24-15-25(16-24)44-20-21-8-4-3-5-9-21/h3-10,13-14,17-19,22,24-25H,11-12,15-16,20H2,1-2H3,(H,35,37,38)/t24-,25+. The van der Waals surface area contributed by atoms with Crippen LogP contribution in [0.5, 0.6) is 17.2 Å². The van der Waals surface area contributed by atoms with E-state index in [1.165, 1.54) is 5.56 Å². The van der Waals surface area contributed by atoms with Crippen LogP contribution in [0.15, 0.2) is 84.2 Å². The first-order valence-corrected chi connectivity index (χ1v) is 15.2. The van der Waals surface area contributed by atoms with Crippen LogP contribution in [-0.4, -0.2) is 41.9 Å². The summed E-state index contributed by atoms with van der Waals surface area (Å²) in [6.07, 6.45) is 11.2. The first kappa shape index (κ1) is 27.4. The van der Waals surface area contributed by atoms with Gasteiger partial charge in [0.1, 0.15) is 16.7 Å². The highest BCUT2D eigenvalue weighted by molar-refractivity contribution is 5.85. The fourth-order valence-corrected chi connectivity index (χ4v) is 6.05. The maximum absolute atomic E-state index is 13.8. The molecule has 0 spiro atoms. The Morgan fingerprint density at radius 1 is 1.02 bits per heavy atom. The van der Waals surface area contributed by atoms with Gasteiger partial charge in [-0.2, -0.15) is 10.1 Å². The van der Waals surface area contributed by atoms with Crippen LogP contribution in [-0.2, 0) is 18.4 Å². The molecule has 6 aromatic rings. The zero-order valence-electron chi connectivity index (χ0n) is 25.1. The highest BCUT2D eigenvalue weighted by atomic mass is 16.5. The summed E-state index contributed by atoms with van der Waals surface area (Å²) in [4.78, 5) is 23.1. The van der Waals surface area contributed by atoms with Gasteiger partial charge < -0.3 is 28.7 Å². The van der Waals surface area contributed by atoms with E-state index in [0.717, 1.165) is 36.8 Å². The molecule has 0 atom stereocenters. The van der Waals surface area contributed by atoms with Crippen molar-refractivity contribution in [2.75, 3.05) is 12.4 Å². The quantitative estimate of drug-likeness (QED) is 0.200. The van der Waals surface area contributed by atoms with E-state index < -0.39 is 0 Å². The highest BCUT2D eigenvalue weighted by Gasteiger charge is 2.34. The molecule has 0 amide bonds.